The normalized spacial score (nSPS) is 24.8. The molecule has 1 spiro atoms. The molecule has 0 bridgehead atoms. The Hall–Kier alpha value is -1.14. The molecular formula is C17H25N3O2S. The minimum Gasteiger partial charge on any atom is -0.356 e. The molecule has 3 heterocycles. The van der Waals surface area contributed by atoms with E-state index < -0.39 is 10.0 Å². The minimum absolute atomic E-state index is 0.335. The van der Waals surface area contributed by atoms with Crippen molar-refractivity contribution in [1.82, 2.24) is 9.29 Å². The summed E-state index contributed by atoms with van der Waals surface area (Å²) < 4.78 is 26.9. The SMILES string of the molecule is O=S(=O)(c1ccc(N2CCCC3(CC3)C2)nc1)N1CCCCC1. The number of anilines is 1. The molecule has 2 aliphatic heterocycles. The molecule has 3 aliphatic rings. The van der Waals surface area contributed by atoms with Crippen LogP contribution in [0.2, 0.25) is 0 Å². The van der Waals surface area contributed by atoms with E-state index in [1.54, 1.807) is 16.6 Å². The molecule has 1 saturated carbocycles. The Kier molecular flexibility index (Phi) is 3.84. The molecule has 0 atom stereocenters. The zero-order valence-electron chi connectivity index (χ0n) is 13.6. The predicted molar refractivity (Wildman–Crippen MR) is 90.0 cm³/mol. The van der Waals surface area contributed by atoms with E-state index in [0.29, 0.717) is 23.4 Å². The third-order valence-corrected chi connectivity index (χ3v) is 7.50. The fourth-order valence-electron chi connectivity index (χ4n) is 3.95. The first-order valence-electron chi connectivity index (χ1n) is 8.80. The number of rotatable bonds is 3. The van der Waals surface area contributed by atoms with Crippen molar-refractivity contribution in [1.29, 1.82) is 0 Å². The van der Waals surface area contributed by atoms with Crippen molar-refractivity contribution >= 4 is 15.8 Å². The molecule has 2 saturated heterocycles. The predicted octanol–water partition coefficient (Wildman–Crippen LogP) is 2.64. The minimum atomic E-state index is -3.37. The molecule has 5 nitrogen and oxygen atoms in total. The van der Waals surface area contributed by atoms with Crippen molar-refractivity contribution in [3.8, 4) is 0 Å². The summed E-state index contributed by atoms with van der Waals surface area (Å²) in [6.07, 6.45) is 9.82. The Morgan fingerprint density at radius 1 is 0.957 bits per heavy atom. The van der Waals surface area contributed by atoms with E-state index in [0.717, 1.165) is 38.2 Å². The monoisotopic (exact) mass is 335 g/mol. The molecule has 1 aromatic heterocycles. The molecule has 126 valence electrons. The van der Waals surface area contributed by atoms with Crippen molar-refractivity contribution in [3.05, 3.63) is 18.3 Å². The molecule has 0 unspecified atom stereocenters. The Morgan fingerprint density at radius 2 is 1.74 bits per heavy atom. The molecular weight excluding hydrogens is 310 g/mol. The fourth-order valence-corrected chi connectivity index (χ4v) is 5.42. The second-order valence-corrected chi connectivity index (χ2v) is 9.28. The second-order valence-electron chi connectivity index (χ2n) is 7.34. The average Bonchev–Trinajstić information content (AvgIpc) is 3.34. The number of pyridine rings is 1. The maximum Gasteiger partial charge on any atom is 0.244 e. The van der Waals surface area contributed by atoms with Gasteiger partial charge in [0.2, 0.25) is 10.0 Å². The van der Waals surface area contributed by atoms with Crippen LogP contribution in [-0.4, -0.2) is 43.9 Å². The largest absolute Gasteiger partial charge is 0.356 e. The average molecular weight is 335 g/mol. The highest BCUT2D eigenvalue weighted by Crippen LogP contribution is 2.52. The summed E-state index contributed by atoms with van der Waals surface area (Å²) in [6, 6.07) is 3.62. The van der Waals surface area contributed by atoms with Crippen molar-refractivity contribution in [2.75, 3.05) is 31.1 Å². The zero-order valence-corrected chi connectivity index (χ0v) is 14.4. The summed E-state index contributed by atoms with van der Waals surface area (Å²) in [5.74, 6) is 0.925. The topological polar surface area (TPSA) is 53.5 Å². The Labute approximate surface area is 138 Å². The number of nitrogens with zero attached hydrogens (tertiary/aromatic N) is 3. The highest BCUT2D eigenvalue weighted by molar-refractivity contribution is 7.89. The first-order chi connectivity index (χ1) is 11.1. The fraction of sp³-hybridized carbons (Fsp3) is 0.706. The summed E-state index contributed by atoms with van der Waals surface area (Å²) in [7, 11) is -3.37. The maximum atomic E-state index is 12.7. The van der Waals surface area contributed by atoms with Crippen LogP contribution >= 0.6 is 0 Å². The Balaban J connectivity index is 1.51. The van der Waals surface area contributed by atoms with Gasteiger partial charge in [0.1, 0.15) is 10.7 Å². The van der Waals surface area contributed by atoms with Crippen molar-refractivity contribution in [2.45, 2.75) is 49.8 Å². The van der Waals surface area contributed by atoms with E-state index >= 15 is 0 Å². The second kappa shape index (κ2) is 5.74. The lowest BCUT2D eigenvalue weighted by atomic mass is 9.95. The van der Waals surface area contributed by atoms with E-state index in [1.165, 1.54) is 25.7 Å². The van der Waals surface area contributed by atoms with Gasteiger partial charge in [0.05, 0.1) is 0 Å². The van der Waals surface area contributed by atoms with Crippen LogP contribution in [0.3, 0.4) is 0 Å². The van der Waals surface area contributed by atoms with Crippen LogP contribution < -0.4 is 4.90 Å². The van der Waals surface area contributed by atoms with Crippen LogP contribution in [-0.2, 0) is 10.0 Å². The standard InChI is InChI=1S/C17H25N3O2S/c21-23(22,20-11-2-1-3-12-20)15-5-6-16(18-13-15)19-10-4-7-17(14-19)8-9-17/h5-6,13H,1-4,7-12,14H2. The van der Waals surface area contributed by atoms with Crippen LogP contribution in [0.15, 0.2) is 23.2 Å². The molecule has 3 fully saturated rings. The lowest BCUT2D eigenvalue weighted by molar-refractivity contribution is 0.346. The van der Waals surface area contributed by atoms with Gasteiger partial charge in [0, 0.05) is 32.4 Å². The van der Waals surface area contributed by atoms with E-state index in [4.69, 9.17) is 0 Å². The first kappa shape index (κ1) is 15.4. The smallest absolute Gasteiger partial charge is 0.244 e. The summed E-state index contributed by atoms with van der Waals surface area (Å²) in [5, 5.41) is 0. The summed E-state index contributed by atoms with van der Waals surface area (Å²) in [5.41, 5.74) is 0.540. The van der Waals surface area contributed by atoms with Gasteiger partial charge in [-0.3, -0.25) is 0 Å². The highest BCUT2D eigenvalue weighted by Gasteiger charge is 2.45. The van der Waals surface area contributed by atoms with Gasteiger partial charge in [-0.05, 0) is 56.1 Å². The highest BCUT2D eigenvalue weighted by atomic mass is 32.2. The number of piperidine rings is 2. The first-order valence-corrected chi connectivity index (χ1v) is 10.2. The van der Waals surface area contributed by atoms with Gasteiger partial charge in [-0.1, -0.05) is 6.42 Å². The van der Waals surface area contributed by atoms with Crippen molar-refractivity contribution < 1.29 is 8.42 Å². The lowest BCUT2D eigenvalue weighted by Crippen LogP contribution is -2.37. The van der Waals surface area contributed by atoms with E-state index in [2.05, 4.69) is 9.88 Å². The molecule has 0 aromatic carbocycles. The van der Waals surface area contributed by atoms with Gasteiger partial charge in [0.25, 0.3) is 0 Å². The van der Waals surface area contributed by atoms with Gasteiger partial charge in [-0.15, -0.1) is 0 Å². The van der Waals surface area contributed by atoms with Crippen LogP contribution in [0.4, 0.5) is 5.82 Å². The lowest BCUT2D eigenvalue weighted by Gasteiger charge is -2.34. The van der Waals surface area contributed by atoms with Crippen LogP contribution in [0.5, 0.6) is 0 Å². The number of hydrogen-bond acceptors (Lipinski definition) is 4. The van der Waals surface area contributed by atoms with Crippen LogP contribution in [0.1, 0.15) is 44.9 Å². The van der Waals surface area contributed by atoms with Gasteiger partial charge in [-0.25, -0.2) is 13.4 Å². The van der Waals surface area contributed by atoms with E-state index in [9.17, 15) is 8.42 Å². The molecule has 0 radical (unpaired) electrons. The molecule has 0 amide bonds. The third-order valence-electron chi connectivity index (χ3n) is 5.62. The van der Waals surface area contributed by atoms with Gasteiger partial charge >= 0.3 is 0 Å². The molecule has 6 heteroatoms. The van der Waals surface area contributed by atoms with Crippen LogP contribution in [0.25, 0.3) is 0 Å². The van der Waals surface area contributed by atoms with Gasteiger partial charge in [0.15, 0.2) is 0 Å². The molecule has 1 aromatic rings. The summed E-state index contributed by atoms with van der Waals surface area (Å²) in [4.78, 5) is 7.14. The maximum absolute atomic E-state index is 12.7. The zero-order chi connectivity index (χ0) is 15.9. The van der Waals surface area contributed by atoms with Crippen molar-refractivity contribution in [2.24, 2.45) is 5.41 Å². The van der Waals surface area contributed by atoms with E-state index in [1.807, 2.05) is 6.07 Å². The molecule has 4 rings (SSSR count). The van der Waals surface area contributed by atoms with Crippen LogP contribution in [0, 0.1) is 5.41 Å². The van der Waals surface area contributed by atoms with Gasteiger partial charge in [-0.2, -0.15) is 4.31 Å². The number of sulfonamides is 1. The van der Waals surface area contributed by atoms with Crippen molar-refractivity contribution in [3.63, 3.8) is 0 Å². The number of hydrogen-bond donors (Lipinski definition) is 0. The third kappa shape index (κ3) is 2.98. The number of aromatic nitrogens is 1. The quantitative estimate of drug-likeness (QED) is 0.852. The summed E-state index contributed by atoms with van der Waals surface area (Å²) in [6.45, 7) is 3.39. The summed E-state index contributed by atoms with van der Waals surface area (Å²) >= 11 is 0. The van der Waals surface area contributed by atoms with Gasteiger partial charge < -0.3 is 4.90 Å². The van der Waals surface area contributed by atoms with E-state index in [-0.39, 0.29) is 0 Å². The Bertz CT molecular complexity index is 662. The Morgan fingerprint density at radius 3 is 2.39 bits per heavy atom. The molecule has 1 aliphatic carbocycles. The molecule has 23 heavy (non-hydrogen) atoms. The molecule has 0 N–H and O–H groups in total.